The zero-order valence-corrected chi connectivity index (χ0v) is 12.0. The Bertz CT molecular complexity index is 475. The van der Waals surface area contributed by atoms with Gasteiger partial charge in [0.1, 0.15) is 11.4 Å². The molecule has 0 aliphatic heterocycles. The summed E-state index contributed by atoms with van der Waals surface area (Å²) < 4.78 is 5.34. The van der Waals surface area contributed by atoms with E-state index in [1.165, 1.54) is 0 Å². The van der Waals surface area contributed by atoms with Crippen LogP contribution >= 0.6 is 0 Å². The number of hydrogen-bond acceptors (Lipinski definition) is 3. The van der Waals surface area contributed by atoms with Crippen LogP contribution in [0.3, 0.4) is 0 Å². The maximum atomic E-state index is 11.9. The van der Waals surface area contributed by atoms with Crippen LogP contribution in [-0.4, -0.2) is 17.4 Å². The van der Waals surface area contributed by atoms with Crippen molar-refractivity contribution < 1.29 is 9.53 Å². The van der Waals surface area contributed by atoms with Gasteiger partial charge in [-0.2, -0.15) is 0 Å². The SMILES string of the molecule is CC(Cc1cccc(C(=N)N)c1)C(=O)OC(C)(C)C. The molecule has 104 valence electrons. The summed E-state index contributed by atoms with van der Waals surface area (Å²) in [5.41, 5.74) is 6.64. The van der Waals surface area contributed by atoms with Crippen molar-refractivity contribution in [2.75, 3.05) is 0 Å². The molecule has 0 saturated carbocycles. The number of benzene rings is 1. The molecule has 4 heteroatoms. The van der Waals surface area contributed by atoms with Crippen molar-refractivity contribution in [2.24, 2.45) is 11.7 Å². The highest BCUT2D eigenvalue weighted by molar-refractivity contribution is 5.95. The number of nitrogens with two attached hydrogens (primary N) is 1. The lowest BCUT2D eigenvalue weighted by atomic mass is 9.99. The molecular weight excluding hydrogens is 240 g/mol. The number of nitrogen functional groups attached to an aromatic ring is 1. The topological polar surface area (TPSA) is 76.2 Å². The van der Waals surface area contributed by atoms with Crippen molar-refractivity contribution >= 4 is 11.8 Å². The van der Waals surface area contributed by atoms with Crippen molar-refractivity contribution in [1.29, 1.82) is 5.41 Å². The molecule has 19 heavy (non-hydrogen) atoms. The molecule has 0 saturated heterocycles. The van der Waals surface area contributed by atoms with Crippen LogP contribution < -0.4 is 5.73 Å². The van der Waals surface area contributed by atoms with Crippen molar-refractivity contribution in [3.63, 3.8) is 0 Å². The van der Waals surface area contributed by atoms with Crippen LogP contribution in [0.4, 0.5) is 0 Å². The first kappa shape index (κ1) is 15.2. The summed E-state index contributed by atoms with van der Waals surface area (Å²) in [6.45, 7) is 7.41. The van der Waals surface area contributed by atoms with Crippen LogP contribution in [0.2, 0.25) is 0 Å². The van der Waals surface area contributed by atoms with Crippen molar-refractivity contribution in [3.05, 3.63) is 35.4 Å². The van der Waals surface area contributed by atoms with Gasteiger partial charge >= 0.3 is 5.97 Å². The van der Waals surface area contributed by atoms with Crippen molar-refractivity contribution in [1.82, 2.24) is 0 Å². The fraction of sp³-hybridized carbons (Fsp3) is 0.467. The first-order valence-corrected chi connectivity index (χ1v) is 6.35. The van der Waals surface area contributed by atoms with E-state index in [0.717, 1.165) is 5.56 Å². The fourth-order valence-corrected chi connectivity index (χ4v) is 1.71. The Kier molecular flexibility index (Phi) is 4.70. The third-order valence-electron chi connectivity index (χ3n) is 2.59. The summed E-state index contributed by atoms with van der Waals surface area (Å²) in [5.74, 6) is -0.395. The standard InChI is InChI=1S/C15H22N2O2/c1-10(14(18)19-15(2,3)4)8-11-6-5-7-12(9-11)13(16)17/h5-7,9-10H,8H2,1-4H3,(H3,16,17). The van der Waals surface area contributed by atoms with Gasteiger partial charge in [-0.3, -0.25) is 10.2 Å². The van der Waals surface area contributed by atoms with Crippen LogP contribution in [0, 0.1) is 11.3 Å². The fourth-order valence-electron chi connectivity index (χ4n) is 1.71. The minimum absolute atomic E-state index is 0.0340. The molecule has 4 nitrogen and oxygen atoms in total. The highest BCUT2D eigenvalue weighted by Gasteiger charge is 2.21. The van der Waals surface area contributed by atoms with Crippen LogP contribution in [0.1, 0.15) is 38.8 Å². The van der Waals surface area contributed by atoms with E-state index >= 15 is 0 Å². The zero-order chi connectivity index (χ0) is 14.6. The predicted molar refractivity (Wildman–Crippen MR) is 76.2 cm³/mol. The second-order valence-electron chi connectivity index (χ2n) is 5.75. The maximum Gasteiger partial charge on any atom is 0.309 e. The number of amidine groups is 1. The molecule has 1 unspecified atom stereocenters. The van der Waals surface area contributed by atoms with Gasteiger partial charge in [-0.15, -0.1) is 0 Å². The van der Waals surface area contributed by atoms with Gasteiger partial charge in [-0.05, 0) is 38.8 Å². The lowest BCUT2D eigenvalue weighted by Crippen LogP contribution is -2.28. The van der Waals surface area contributed by atoms with E-state index in [0.29, 0.717) is 12.0 Å². The Balaban J connectivity index is 2.71. The average molecular weight is 262 g/mol. The average Bonchev–Trinajstić information content (AvgIpc) is 2.27. The minimum atomic E-state index is -0.466. The predicted octanol–water partition coefficient (Wildman–Crippen LogP) is 2.49. The molecule has 0 radical (unpaired) electrons. The van der Waals surface area contributed by atoms with Gasteiger partial charge in [0, 0.05) is 5.56 Å². The van der Waals surface area contributed by atoms with E-state index in [9.17, 15) is 4.79 Å². The van der Waals surface area contributed by atoms with E-state index in [1.807, 2.05) is 45.9 Å². The van der Waals surface area contributed by atoms with Gasteiger partial charge in [-0.25, -0.2) is 0 Å². The third kappa shape index (κ3) is 5.12. The number of rotatable bonds is 4. The zero-order valence-electron chi connectivity index (χ0n) is 12.0. The molecule has 0 bridgehead atoms. The summed E-state index contributed by atoms with van der Waals surface area (Å²) in [4.78, 5) is 11.9. The highest BCUT2D eigenvalue weighted by Crippen LogP contribution is 2.16. The molecule has 0 aliphatic rings. The molecule has 1 rings (SSSR count). The normalized spacial score (nSPS) is 12.8. The second kappa shape index (κ2) is 5.87. The molecule has 0 spiro atoms. The van der Waals surface area contributed by atoms with Crippen LogP contribution in [0.15, 0.2) is 24.3 Å². The van der Waals surface area contributed by atoms with Crippen LogP contribution in [0.25, 0.3) is 0 Å². The number of esters is 1. The van der Waals surface area contributed by atoms with Gasteiger partial charge in [0.15, 0.2) is 0 Å². The molecule has 0 fully saturated rings. The Morgan fingerprint density at radius 2 is 2.05 bits per heavy atom. The van der Waals surface area contributed by atoms with Crippen LogP contribution in [0.5, 0.6) is 0 Å². The Labute approximate surface area is 114 Å². The number of ether oxygens (including phenoxy) is 1. The summed E-state index contributed by atoms with van der Waals surface area (Å²) >= 11 is 0. The smallest absolute Gasteiger partial charge is 0.309 e. The van der Waals surface area contributed by atoms with Gasteiger partial charge in [0.05, 0.1) is 5.92 Å². The number of carbonyl (C=O) groups is 1. The lowest BCUT2D eigenvalue weighted by molar-refractivity contribution is -0.159. The van der Waals surface area contributed by atoms with Gasteiger partial charge in [-0.1, -0.05) is 25.1 Å². The second-order valence-corrected chi connectivity index (χ2v) is 5.75. The van der Waals surface area contributed by atoms with Gasteiger partial charge in [0.2, 0.25) is 0 Å². The molecule has 1 atom stereocenters. The number of nitrogens with one attached hydrogen (secondary N) is 1. The maximum absolute atomic E-state index is 11.9. The van der Waals surface area contributed by atoms with Crippen LogP contribution in [-0.2, 0) is 16.0 Å². The number of carbonyl (C=O) groups excluding carboxylic acids is 1. The van der Waals surface area contributed by atoms with E-state index in [2.05, 4.69) is 0 Å². The Morgan fingerprint density at radius 1 is 1.42 bits per heavy atom. The van der Waals surface area contributed by atoms with Gasteiger partial charge < -0.3 is 10.5 Å². The minimum Gasteiger partial charge on any atom is -0.460 e. The molecule has 0 amide bonds. The number of hydrogen-bond donors (Lipinski definition) is 2. The summed E-state index contributed by atoms with van der Waals surface area (Å²) in [6.07, 6.45) is 0.579. The van der Waals surface area contributed by atoms with Crippen molar-refractivity contribution in [3.8, 4) is 0 Å². The molecule has 1 aromatic rings. The van der Waals surface area contributed by atoms with E-state index in [-0.39, 0.29) is 17.7 Å². The lowest BCUT2D eigenvalue weighted by Gasteiger charge is -2.22. The molecule has 3 N–H and O–H groups in total. The third-order valence-corrected chi connectivity index (χ3v) is 2.59. The van der Waals surface area contributed by atoms with E-state index < -0.39 is 5.60 Å². The summed E-state index contributed by atoms with van der Waals surface area (Å²) in [6, 6.07) is 7.38. The molecule has 0 aromatic heterocycles. The Morgan fingerprint density at radius 3 is 2.58 bits per heavy atom. The molecule has 1 aromatic carbocycles. The highest BCUT2D eigenvalue weighted by atomic mass is 16.6. The Hall–Kier alpha value is -1.84. The summed E-state index contributed by atoms with van der Waals surface area (Å²) in [5, 5.41) is 7.40. The van der Waals surface area contributed by atoms with E-state index in [4.69, 9.17) is 15.9 Å². The van der Waals surface area contributed by atoms with Crippen molar-refractivity contribution in [2.45, 2.75) is 39.7 Å². The monoisotopic (exact) mass is 262 g/mol. The van der Waals surface area contributed by atoms with Gasteiger partial charge in [0.25, 0.3) is 0 Å². The quantitative estimate of drug-likeness (QED) is 0.497. The first-order valence-electron chi connectivity index (χ1n) is 6.35. The molecule has 0 heterocycles. The van der Waals surface area contributed by atoms with E-state index in [1.54, 1.807) is 6.07 Å². The summed E-state index contributed by atoms with van der Waals surface area (Å²) in [7, 11) is 0. The largest absolute Gasteiger partial charge is 0.460 e. The first-order chi connectivity index (χ1) is 8.69. The molecule has 0 aliphatic carbocycles. The molecular formula is C15H22N2O2.